The van der Waals surface area contributed by atoms with Gasteiger partial charge in [-0.15, -0.1) is 0 Å². The van der Waals surface area contributed by atoms with E-state index in [1.54, 1.807) is 0 Å². The molecule has 1 amide bonds. The molecule has 2 rings (SSSR count). The van der Waals surface area contributed by atoms with E-state index in [1.165, 1.54) is 6.07 Å². The molecule has 24 heavy (non-hydrogen) atoms. The number of benzene rings is 1. The van der Waals surface area contributed by atoms with Gasteiger partial charge in [-0.2, -0.15) is 13.2 Å². The molecule has 2 aromatic rings. The van der Waals surface area contributed by atoms with Crippen molar-refractivity contribution in [2.75, 3.05) is 5.75 Å². The van der Waals surface area contributed by atoms with E-state index in [-0.39, 0.29) is 17.7 Å². The standard InChI is InChI=1S/C16H14BrF3N2OS/c1-10(11-2-5-13(17)6-3-11)22-14(23)9-24-15-7-4-12(8-21-15)16(18,19)20/h2-8,10H,9H2,1H3,(H,22,23). The lowest BCUT2D eigenvalue weighted by atomic mass is 10.1. The molecule has 1 aromatic heterocycles. The van der Waals surface area contributed by atoms with Crippen LogP contribution in [0.1, 0.15) is 24.1 Å². The number of aromatic nitrogens is 1. The van der Waals surface area contributed by atoms with Gasteiger partial charge in [0, 0.05) is 10.7 Å². The number of nitrogens with one attached hydrogen (secondary N) is 1. The number of halogens is 4. The van der Waals surface area contributed by atoms with Crippen molar-refractivity contribution in [2.45, 2.75) is 24.2 Å². The van der Waals surface area contributed by atoms with Gasteiger partial charge < -0.3 is 5.32 Å². The van der Waals surface area contributed by atoms with Crippen molar-refractivity contribution in [2.24, 2.45) is 0 Å². The molecule has 0 bridgehead atoms. The summed E-state index contributed by atoms with van der Waals surface area (Å²) < 4.78 is 38.3. The van der Waals surface area contributed by atoms with Crippen LogP contribution in [0.2, 0.25) is 0 Å². The summed E-state index contributed by atoms with van der Waals surface area (Å²) in [6.45, 7) is 1.86. The smallest absolute Gasteiger partial charge is 0.349 e. The van der Waals surface area contributed by atoms with Crippen LogP contribution in [0.5, 0.6) is 0 Å². The first-order chi connectivity index (χ1) is 11.3. The number of amides is 1. The van der Waals surface area contributed by atoms with Crippen LogP contribution in [0.25, 0.3) is 0 Å². The predicted octanol–water partition coefficient (Wildman–Crippen LogP) is 4.83. The van der Waals surface area contributed by atoms with Gasteiger partial charge >= 0.3 is 6.18 Å². The molecule has 1 atom stereocenters. The quantitative estimate of drug-likeness (QED) is 0.706. The maximum atomic E-state index is 12.4. The molecule has 0 aliphatic rings. The minimum Gasteiger partial charge on any atom is -0.349 e. The molecule has 0 saturated heterocycles. The molecule has 0 radical (unpaired) electrons. The van der Waals surface area contributed by atoms with Crippen LogP contribution in [0.4, 0.5) is 13.2 Å². The van der Waals surface area contributed by atoms with Crippen molar-refractivity contribution in [3.63, 3.8) is 0 Å². The summed E-state index contributed by atoms with van der Waals surface area (Å²) in [5, 5.41) is 3.21. The summed E-state index contributed by atoms with van der Waals surface area (Å²) in [5.41, 5.74) is 0.157. The first-order valence-corrected chi connectivity index (χ1v) is 8.74. The minimum absolute atomic E-state index is 0.0826. The lowest BCUT2D eigenvalue weighted by Gasteiger charge is -2.14. The van der Waals surface area contributed by atoms with Gasteiger partial charge in [0.1, 0.15) is 0 Å². The zero-order chi connectivity index (χ0) is 17.7. The van der Waals surface area contributed by atoms with Gasteiger partial charge in [0.15, 0.2) is 0 Å². The third-order valence-electron chi connectivity index (χ3n) is 3.16. The van der Waals surface area contributed by atoms with E-state index in [0.717, 1.165) is 34.1 Å². The molecule has 8 heteroatoms. The number of hydrogen-bond acceptors (Lipinski definition) is 3. The van der Waals surface area contributed by atoms with Crippen LogP contribution >= 0.6 is 27.7 Å². The van der Waals surface area contributed by atoms with E-state index >= 15 is 0 Å². The fraction of sp³-hybridized carbons (Fsp3) is 0.250. The second-order valence-corrected chi connectivity index (χ2v) is 6.92. The number of thioether (sulfide) groups is 1. The highest BCUT2D eigenvalue weighted by Gasteiger charge is 2.30. The number of rotatable bonds is 5. The summed E-state index contributed by atoms with van der Waals surface area (Å²) in [6, 6.07) is 9.64. The van der Waals surface area contributed by atoms with E-state index < -0.39 is 11.7 Å². The topological polar surface area (TPSA) is 42.0 Å². The molecule has 1 N–H and O–H groups in total. The van der Waals surface area contributed by atoms with Crippen molar-refractivity contribution in [3.8, 4) is 0 Å². The SMILES string of the molecule is CC(NC(=O)CSc1ccc(C(F)(F)F)cn1)c1ccc(Br)cc1. The van der Waals surface area contributed by atoms with E-state index in [4.69, 9.17) is 0 Å². The largest absolute Gasteiger partial charge is 0.417 e. The molecule has 128 valence electrons. The summed E-state index contributed by atoms with van der Waals surface area (Å²) in [5.74, 6) is -0.128. The van der Waals surface area contributed by atoms with Gasteiger partial charge in [-0.3, -0.25) is 4.79 Å². The van der Waals surface area contributed by atoms with Crippen molar-refractivity contribution in [1.29, 1.82) is 0 Å². The fourth-order valence-corrected chi connectivity index (χ4v) is 2.81. The second kappa shape index (κ2) is 8.02. The van der Waals surface area contributed by atoms with Crippen molar-refractivity contribution in [3.05, 3.63) is 58.2 Å². The van der Waals surface area contributed by atoms with Gasteiger partial charge in [0.2, 0.25) is 5.91 Å². The van der Waals surface area contributed by atoms with Crippen LogP contribution in [0.3, 0.4) is 0 Å². The second-order valence-electron chi connectivity index (χ2n) is 5.01. The summed E-state index contributed by atoms with van der Waals surface area (Å²) in [7, 11) is 0. The van der Waals surface area contributed by atoms with Crippen LogP contribution in [-0.2, 0) is 11.0 Å². The Labute approximate surface area is 150 Å². The molecule has 0 aliphatic heterocycles. The highest BCUT2D eigenvalue weighted by molar-refractivity contribution is 9.10. The van der Waals surface area contributed by atoms with Crippen LogP contribution in [0.15, 0.2) is 52.1 Å². The van der Waals surface area contributed by atoms with Crippen molar-refractivity contribution in [1.82, 2.24) is 10.3 Å². The Kier molecular flexibility index (Phi) is 6.28. The maximum absolute atomic E-state index is 12.4. The Morgan fingerprint density at radius 1 is 1.25 bits per heavy atom. The van der Waals surface area contributed by atoms with E-state index in [1.807, 2.05) is 31.2 Å². The van der Waals surface area contributed by atoms with Gasteiger partial charge in [0.05, 0.1) is 22.4 Å². The first-order valence-electron chi connectivity index (χ1n) is 6.96. The van der Waals surface area contributed by atoms with E-state index in [9.17, 15) is 18.0 Å². The molecular formula is C16H14BrF3N2OS. The Hall–Kier alpha value is -1.54. The van der Waals surface area contributed by atoms with Gasteiger partial charge in [0.25, 0.3) is 0 Å². The number of carbonyl (C=O) groups excluding carboxylic acids is 1. The number of nitrogens with zero attached hydrogens (tertiary/aromatic N) is 1. The van der Waals surface area contributed by atoms with Crippen molar-refractivity contribution < 1.29 is 18.0 Å². The molecule has 3 nitrogen and oxygen atoms in total. The molecule has 1 unspecified atom stereocenters. The molecule has 0 spiro atoms. The lowest BCUT2D eigenvalue weighted by molar-refractivity contribution is -0.137. The Morgan fingerprint density at radius 2 is 1.92 bits per heavy atom. The van der Waals surface area contributed by atoms with Crippen LogP contribution < -0.4 is 5.32 Å². The Morgan fingerprint density at radius 3 is 2.46 bits per heavy atom. The highest BCUT2D eigenvalue weighted by Crippen LogP contribution is 2.29. The average molecular weight is 419 g/mol. The number of hydrogen-bond donors (Lipinski definition) is 1. The molecule has 0 aliphatic carbocycles. The molecule has 1 aromatic carbocycles. The normalized spacial score (nSPS) is 12.7. The molecule has 0 saturated carbocycles. The highest BCUT2D eigenvalue weighted by atomic mass is 79.9. The molecule has 1 heterocycles. The summed E-state index contributed by atoms with van der Waals surface area (Å²) in [4.78, 5) is 15.7. The number of pyridine rings is 1. The maximum Gasteiger partial charge on any atom is 0.417 e. The minimum atomic E-state index is -4.41. The van der Waals surface area contributed by atoms with Gasteiger partial charge in [-0.1, -0.05) is 39.8 Å². The van der Waals surface area contributed by atoms with E-state index in [2.05, 4.69) is 26.2 Å². The average Bonchev–Trinajstić information content (AvgIpc) is 2.53. The van der Waals surface area contributed by atoms with Crippen LogP contribution in [-0.4, -0.2) is 16.6 Å². The molecule has 0 fully saturated rings. The third kappa shape index (κ3) is 5.52. The third-order valence-corrected chi connectivity index (χ3v) is 4.63. The monoisotopic (exact) mass is 418 g/mol. The zero-order valence-corrected chi connectivity index (χ0v) is 15.0. The number of alkyl halides is 3. The first kappa shape index (κ1) is 18.8. The van der Waals surface area contributed by atoms with Gasteiger partial charge in [-0.05, 0) is 36.8 Å². The van der Waals surface area contributed by atoms with Gasteiger partial charge in [-0.25, -0.2) is 4.98 Å². The summed E-state index contributed by atoms with van der Waals surface area (Å²) >= 11 is 4.43. The molecular weight excluding hydrogens is 405 g/mol. The van der Waals surface area contributed by atoms with E-state index in [0.29, 0.717) is 5.03 Å². The number of carbonyl (C=O) groups is 1. The predicted molar refractivity (Wildman–Crippen MR) is 90.7 cm³/mol. The van der Waals surface area contributed by atoms with Crippen molar-refractivity contribution >= 4 is 33.6 Å². The lowest BCUT2D eigenvalue weighted by Crippen LogP contribution is -2.28. The fourth-order valence-electron chi connectivity index (χ4n) is 1.89. The Balaban J connectivity index is 1.85. The zero-order valence-electron chi connectivity index (χ0n) is 12.6. The van der Waals surface area contributed by atoms with Crippen LogP contribution in [0, 0.1) is 0 Å². The Bertz CT molecular complexity index is 690. The summed E-state index contributed by atoms with van der Waals surface area (Å²) in [6.07, 6.45) is -3.64.